The van der Waals surface area contributed by atoms with E-state index in [1.54, 1.807) is 0 Å². The molecule has 2 amide bonds. The maximum atomic E-state index is 11.6. The summed E-state index contributed by atoms with van der Waals surface area (Å²) in [6.07, 6.45) is 1.97. The summed E-state index contributed by atoms with van der Waals surface area (Å²) >= 11 is 0. The van der Waals surface area contributed by atoms with Gasteiger partial charge >= 0.3 is 0 Å². The third-order valence-corrected chi connectivity index (χ3v) is 2.52. The molecule has 18 heavy (non-hydrogen) atoms. The maximum Gasteiger partial charge on any atom is 0.251 e. The van der Waals surface area contributed by atoms with E-state index in [0.717, 1.165) is 18.9 Å². The van der Waals surface area contributed by atoms with Crippen LogP contribution in [0.3, 0.4) is 0 Å². The number of hydrogen-bond donors (Lipinski definition) is 4. The number of benzene rings is 1. The lowest BCUT2D eigenvalue weighted by atomic mass is 10.2. The molecular formula is C12H14N2O4. The summed E-state index contributed by atoms with van der Waals surface area (Å²) in [4.78, 5) is 23.0. The molecule has 1 aromatic rings. The zero-order valence-electron chi connectivity index (χ0n) is 9.64. The molecule has 0 heterocycles. The molecule has 0 saturated heterocycles. The van der Waals surface area contributed by atoms with Gasteiger partial charge in [-0.2, -0.15) is 0 Å². The number of rotatable bonds is 4. The van der Waals surface area contributed by atoms with Crippen molar-refractivity contribution in [2.75, 3.05) is 6.54 Å². The van der Waals surface area contributed by atoms with Crippen LogP contribution in [0.1, 0.15) is 23.2 Å². The van der Waals surface area contributed by atoms with Gasteiger partial charge in [-0.1, -0.05) is 0 Å². The number of phenols is 2. The molecule has 4 N–H and O–H groups in total. The van der Waals surface area contributed by atoms with E-state index in [4.69, 9.17) is 0 Å². The fourth-order valence-electron chi connectivity index (χ4n) is 1.50. The Balaban J connectivity index is 1.88. The van der Waals surface area contributed by atoms with E-state index in [1.165, 1.54) is 12.1 Å². The van der Waals surface area contributed by atoms with Crippen molar-refractivity contribution in [3.05, 3.63) is 23.8 Å². The molecule has 1 fully saturated rings. The van der Waals surface area contributed by atoms with Gasteiger partial charge in [0.25, 0.3) is 5.91 Å². The molecule has 1 aliphatic carbocycles. The number of aromatic hydroxyl groups is 2. The van der Waals surface area contributed by atoms with Crippen molar-refractivity contribution in [3.8, 4) is 11.5 Å². The van der Waals surface area contributed by atoms with Crippen LogP contribution in [0, 0.1) is 0 Å². The van der Waals surface area contributed by atoms with Crippen molar-refractivity contribution < 1.29 is 19.8 Å². The van der Waals surface area contributed by atoms with E-state index in [9.17, 15) is 19.8 Å². The number of carbonyl (C=O) groups excluding carboxylic acids is 2. The van der Waals surface area contributed by atoms with Crippen molar-refractivity contribution in [1.29, 1.82) is 0 Å². The highest BCUT2D eigenvalue weighted by molar-refractivity contribution is 5.97. The smallest absolute Gasteiger partial charge is 0.251 e. The zero-order valence-corrected chi connectivity index (χ0v) is 9.64. The van der Waals surface area contributed by atoms with Crippen LogP contribution < -0.4 is 10.6 Å². The molecule has 2 rings (SSSR count). The van der Waals surface area contributed by atoms with Gasteiger partial charge < -0.3 is 20.8 Å². The maximum absolute atomic E-state index is 11.6. The van der Waals surface area contributed by atoms with E-state index in [-0.39, 0.29) is 35.6 Å². The fourth-order valence-corrected chi connectivity index (χ4v) is 1.50. The Morgan fingerprint density at radius 1 is 1.17 bits per heavy atom. The molecule has 6 heteroatoms. The minimum atomic E-state index is -0.521. The van der Waals surface area contributed by atoms with Gasteiger partial charge in [-0.25, -0.2) is 0 Å². The van der Waals surface area contributed by atoms with Gasteiger partial charge in [0.2, 0.25) is 5.91 Å². The first-order valence-corrected chi connectivity index (χ1v) is 5.65. The van der Waals surface area contributed by atoms with Crippen LogP contribution in [0.25, 0.3) is 0 Å². The second-order valence-electron chi connectivity index (χ2n) is 4.26. The first kappa shape index (κ1) is 12.2. The van der Waals surface area contributed by atoms with Crippen LogP contribution in [0.2, 0.25) is 0 Å². The van der Waals surface area contributed by atoms with E-state index in [2.05, 4.69) is 10.6 Å². The third-order valence-electron chi connectivity index (χ3n) is 2.52. The second-order valence-corrected chi connectivity index (χ2v) is 4.26. The molecule has 0 radical (unpaired) electrons. The largest absolute Gasteiger partial charge is 0.508 e. The Bertz CT molecular complexity index is 463. The summed E-state index contributed by atoms with van der Waals surface area (Å²) in [5.74, 6) is -1.17. The van der Waals surface area contributed by atoms with Crippen molar-refractivity contribution in [2.45, 2.75) is 18.9 Å². The minimum Gasteiger partial charge on any atom is -0.508 e. The molecule has 1 saturated carbocycles. The molecular weight excluding hydrogens is 236 g/mol. The summed E-state index contributed by atoms with van der Waals surface area (Å²) in [6, 6.07) is 3.80. The normalized spacial score (nSPS) is 14.0. The summed E-state index contributed by atoms with van der Waals surface area (Å²) in [7, 11) is 0. The highest BCUT2D eigenvalue weighted by Gasteiger charge is 2.23. The van der Waals surface area contributed by atoms with Gasteiger partial charge in [0.1, 0.15) is 11.5 Å². The lowest BCUT2D eigenvalue weighted by molar-refractivity contribution is -0.120. The molecule has 0 aromatic heterocycles. The van der Waals surface area contributed by atoms with Crippen LogP contribution in [-0.2, 0) is 4.79 Å². The van der Waals surface area contributed by atoms with Gasteiger partial charge in [0, 0.05) is 17.7 Å². The average Bonchev–Trinajstić information content (AvgIpc) is 3.08. The number of hydrogen-bond acceptors (Lipinski definition) is 4. The topological polar surface area (TPSA) is 98.7 Å². The number of phenolic OH excluding ortho intramolecular Hbond substituents is 2. The lowest BCUT2D eigenvalue weighted by Crippen LogP contribution is -2.37. The van der Waals surface area contributed by atoms with Crippen LogP contribution in [0.4, 0.5) is 0 Å². The molecule has 0 unspecified atom stereocenters. The second kappa shape index (κ2) is 4.95. The molecule has 0 atom stereocenters. The Hall–Kier alpha value is -2.24. The van der Waals surface area contributed by atoms with E-state index in [0.29, 0.717) is 0 Å². The van der Waals surface area contributed by atoms with Crippen LogP contribution in [0.5, 0.6) is 11.5 Å². The van der Waals surface area contributed by atoms with Crippen molar-refractivity contribution in [3.63, 3.8) is 0 Å². The fraction of sp³-hybridized carbons (Fsp3) is 0.333. The SMILES string of the molecule is O=C(CNC(=O)c1cc(O)cc(O)c1)NC1CC1. The molecule has 96 valence electrons. The van der Waals surface area contributed by atoms with Gasteiger partial charge in [-0.05, 0) is 25.0 Å². The van der Waals surface area contributed by atoms with Crippen LogP contribution in [-0.4, -0.2) is 34.6 Å². The predicted molar refractivity (Wildman–Crippen MR) is 63.3 cm³/mol. The third kappa shape index (κ3) is 3.38. The quantitative estimate of drug-likeness (QED) is 0.609. The first-order chi connectivity index (χ1) is 8.54. The van der Waals surface area contributed by atoms with E-state index < -0.39 is 5.91 Å². The lowest BCUT2D eigenvalue weighted by Gasteiger charge is -2.06. The molecule has 0 aliphatic heterocycles. The Morgan fingerprint density at radius 3 is 2.33 bits per heavy atom. The van der Waals surface area contributed by atoms with Crippen molar-refractivity contribution in [2.24, 2.45) is 0 Å². The molecule has 1 aromatic carbocycles. The summed E-state index contributed by atoms with van der Waals surface area (Å²) in [5.41, 5.74) is 0.103. The Kier molecular flexibility index (Phi) is 3.36. The molecule has 6 nitrogen and oxygen atoms in total. The highest BCUT2D eigenvalue weighted by Crippen LogP contribution is 2.20. The zero-order chi connectivity index (χ0) is 13.1. The van der Waals surface area contributed by atoms with Gasteiger partial charge in [0.05, 0.1) is 6.54 Å². The minimum absolute atomic E-state index is 0.103. The summed E-state index contributed by atoms with van der Waals surface area (Å²) < 4.78 is 0. The van der Waals surface area contributed by atoms with Gasteiger partial charge in [-0.3, -0.25) is 9.59 Å². The average molecular weight is 250 g/mol. The molecule has 0 bridgehead atoms. The van der Waals surface area contributed by atoms with E-state index >= 15 is 0 Å². The molecule has 1 aliphatic rings. The predicted octanol–water partition coefficient (Wildman–Crippen LogP) is 0.106. The number of nitrogens with one attached hydrogen (secondary N) is 2. The van der Waals surface area contributed by atoms with Crippen molar-refractivity contribution in [1.82, 2.24) is 10.6 Å². The monoisotopic (exact) mass is 250 g/mol. The summed E-state index contributed by atoms with van der Waals surface area (Å²) in [6.45, 7) is -0.119. The molecule has 0 spiro atoms. The first-order valence-electron chi connectivity index (χ1n) is 5.65. The van der Waals surface area contributed by atoms with Gasteiger partial charge in [0.15, 0.2) is 0 Å². The van der Waals surface area contributed by atoms with Crippen LogP contribution in [0.15, 0.2) is 18.2 Å². The summed E-state index contributed by atoms with van der Waals surface area (Å²) in [5, 5.41) is 23.6. The van der Waals surface area contributed by atoms with E-state index in [1.807, 2.05) is 0 Å². The highest BCUT2D eigenvalue weighted by atomic mass is 16.3. The van der Waals surface area contributed by atoms with Crippen molar-refractivity contribution >= 4 is 11.8 Å². The van der Waals surface area contributed by atoms with Crippen LogP contribution >= 0.6 is 0 Å². The standard InChI is InChI=1S/C12H14N2O4/c15-9-3-7(4-10(16)5-9)12(18)13-6-11(17)14-8-1-2-8/h3-5,8,15-16H,1-2,6H2,(H,13,18)(H,14,17). The Morgan fingerprint density at radius 2 is 1.78 bits per heavy atom. The number of amides is 2. The number of carbonyl (C=O) groups is 2. The Labute approximate surface area is 104 Å². The van der Waals surface area contributed by atoms with Gasteiger partial charge in [-0.15, -0.1) is 0 Å².